The third-order valence-corrected chi connectivity index (χ3v) is 5.21. The summed E-state index contributed by atoms with van der Waals surface area (Å²) in [6.45, 7) is 0.715. The summed E-state index contributed by atoms with van der Waals surface area (Å²) in [6.07, 6.45) is 2.89. The highest BCUT2D eigenvalue weighted by Gasteiger charge is 2.16. The van der Waals surface area contributed by atoms with Crippen molar-refractivity contribution in [1.29, 1.82) is 0 Å². The highest BCUT2D eigenvalue weighted by Crippen LogP contribution is 2.18. The molecule has 2 heterocycles. The van der Waals surface area contributed by atoms with Gasteiger partial charge < -0.3 is 5.32 Å². The maximum Gasteiger partial charge on any atom is 0.264 e. The van der Waals surface area contributed by atoms with Crippen LogP contribution in [0.15, 0.2) is 59.8 Å². The van der Waals surface area contributed by atoms with E-state index in [9.17, 15) is 14.0 Å². The Kier molecular flexibility index (Phi) is 6.01. The van der Waals surface area contributed by atoms with E-state index in [2.05, 4.69) is 15.4 Å². The Morgan fingerprint density at radius 2 is 1.97 bits per heavy atom. The second-order valence-electron chi connectivity index (χ2n) is 6.77. The van der Waals surface area contributed by atoms with Crippen molar-refractivity contribution in [2.45, 2.75) is 13.1 Å². The van der Waals surface area contributed by atoms with Crippen molar-refractivity contribution in [3.05, 3.63) is 92.3 Å². The van der Waals surface area contributed by atoms with Gasteiger partial charge in [-0.05, 0) is 29.8 Å². The first-order chi connectivity index (χ1) is 14.9. The van der Waals surface area contributed by atoms with E-state index >= 15 is 0 Å². The van der Waals surface area contributed by atoms with Gasteiger partial charge in [-0.3, -0.25) is 14.2 Å². The fourth-order valence-corrected chi connectivity index (χ4v) is 3.65. The summed E-state index contributed by atoms with van der Waals surface area (Å²) in [5.41, 5.74) is 0.818. The van der Waals surface area contributed by atoms with Crippen molar-refractivity contribution in [3.8, 4) is 0 Å². The van der Waals surface area contributed by atoms with Gasteiger partial charge in [-0.25, -0.2) is 14.1 Å². The molecule has 0 fully saturated rings. The summed E-state index contributed by atoms with van der Waals surface area (Å²) in [5, 5.41) is 7.77. The first-order valence-corrected chi connectivity index (χ1v) is 10.1. The van der Waals surface area contributed by atoms with Gasteiger partial charge >= 0.3 is 0 Å². The molecule has 0 radical (unpaired) electrons. The molecule has 0 atom stereocenters. The number of aromatic nitrogens is 4. The average molecular weight is 460 g/mol. The summed E-state index contributed by atoms with van der Waals surface area (Å²) in [6, 6.07) is 11.3. The van der Waals surface area contributed by atoms with Gasteiger partial charge in [0.05, 0.1) is 29.9 Å². The van der Waals surface area contributed by atoms with E-state index in [4.69, 9.17) is 23.2 Å². The van der Waals surface area contributed by atoms with E-state index in [0.717, 1.165) is 5.56 Å². The minimum atomic E-state index is -0.698. The van der Waals surface area contributed by atoms with E-state index in [1.165, 1.54) is 40.0 Å². The Labute approximate surface area is 186 Å². The van der Waals surface area contributed by atoms with E-state index in [0.29, 0.717) is 22.6 Å². The Bertz CT molecular complexity index is 1310. The molecule has 31 heavy (non-hydrogen) atoms. The van der Waals surface area contributed by atoms with Gasteiger partial charge in [-0.2, -0.15) is 5.10 Å². The third kappa shape index (κ3) is 4.45. The summed E-state index contributed by atoms with van der Waals surface area (Å²) < 4.78 is 16.8. The lowest BCUT2D eigenvalue weighted by molar-refractivity contribution is 0.0948. The highest BCUT2D eigenvalue weighted by atomic mass is 35.5. The van der Waals surface area contributed by atoms with Crippen LogP contribution in [0.5, 0.6) is 0 Å². The maximum absolute atomic E-state index is 13.9. The molecule has 0 unspecified atom stereocenters. The number of halogens is 3. The predicted octanol–water partition coefficient (Wildman–Crippen LogP) is 3.52. The number of carbonyl (C=O) groups excluding carboxylic acids is 1. The molecule has 0 saturated heterocycles. The molecule has 4 rings (SSSR count). The van der Waals surface area contributed by atoms with Crippen LogP contribution in [0.2, 0.25) is 10.0 Å². The number of carbonyl (C=O) groups is 1. The zero-order valence-corrected chi connectivity index (χ0v) is 17.6. The van der Waals surface area contributed by atoms with Crippen LogP contribution >= 0.6 is 23.2 Å². The molecule has 1 amide bonds. The van der Waals surface area contributed by atoms with E-state index in [1.807, 2.05) is 12.1 Å². The summed E-state index contributed by atoms with van der Waals surface area (Å²) in [4.78, 5) is 29.4. The molecule has 1 N–H and O–H groups in total. The normalized spacial score (nSPS) is 11.1. The van der Waals surface area contributed by atoms with Crippen molar-refractivity contribution in [3.63, 3.8) is 0 Å². The second kappa shape index (κ2) is 8.87. The van der Waals surface area contributed by atoms with Crippen molar-refractivity contribution in [2.75, 3.05) is 6.54 Å². The van der Waals surface area contributed by atoms with Crippen molar-refractivity contribution < 1.29 is 9.18 Å². The summed E-state index contributed by atoms with van der Waals surface area (Å²) in [7, 11) is 0. The van der Waals surface area contributed by atoms with Gasteiger partial charge in [0.15, 0.2) is 5.65 Å². The Morgan fingerprint density at radius 3 is 2.74 bits per heavy atom. The second-order valence-corrected chi connectivity index (χ2v) is 7.61. The minimum absolute atomic E-state index is 0.0314. The molecule has 2 aromatic heterocycles. The van der Waals surface area contributed by atoms with Crippen molar-refractivity contribution >= 4 is 40.1 Å². The summed E-state index contributed by atoms with van der Waals surface area (Å²) in [5.74, 6) is -1.33. The fourth-order valence-electron chi connectivity index (χ4n) is 3.18. The van der Waals surface area contributed by atoms with Crippen molar-refractivity contribution in [2.24, 2.45) is 0 Å². The lowest BCUT2D eigenvalue weighted by atomic mass is 10.2. The van der Waals surface area contributed by atoms with Gasteiger partial charge in [0.1, 0.15) is 17.5 Å². The molecular formula is C21H16Cl2FN5O2. The standard InChI is InChI=1S/C21H16Cl2FN5O2/c22-14-4-1-3-13(9-14)11-28-12-26-19-15(21(28)31)10-27-29(19)8-7-25-20(30)18-16(23)5-2-6-17(18)24/h1-6,9-10,12H,7-8,11H2,(H,25,30). The van der Waals surface area contributed by atoms with Gasteiger partial charge in [-0.15, -0.1) is 0 Å². The first kappa shape index (κ1) is 21.0. The van der Waals surface area contributed by atoms with Gasteiger partial charge in [0, 0.05) is 11.6 Å². The number of fused-ring (bicyclic) bond motifs is 1. The van der Waals surface area contributed by atoms with Crippen LogP contribution in [0.3, 0.4) is 0 Å². The van der Waals surface area contributed by atoms with Crippen molar-refractivity contribution in [1.82, 2.24) is 24.6 Å². The van der Waals surface area contributed by atoms with E-state index in [1.54, 1.807) is 12.1 Å². The molecular weight excluding hydrogens is 444 g/mol. The molecule has 0 aliphatic carbocycles. The minimum Gasteiger partial charge on any atom is -0.350 e. The number of benzene rings is 2. The van der Waals surface area contributed by atoms with Crippen LogP contribution < -0.4 is 10.9 Å². The highest BCUT2D eigenvalue weighted by molar-refractivity contribution is 6.33. The molecule has 10 heteroatoms. The van der Waals surface area contributed by atoms with Gasteiger partial charge in [0.25, 0.3) is 11.5 Å². The predicted molar refractivity (Wildman–Crippen MR) is 116 cm³/mol. The number of hydrogen-bond donors (Lipinski definition) is 1. The molecule has 158 valence electrons. The summed E-state index contributed by atoms with van der Waals surface area (Å²) >= 11 is 11.9. The number of rotatable bonds is 6. The third-order valence-electron chi connectivity index (χ3n) is 4.66. The largest absolute Gasteiger partial charge is 0.350 e. The smallest absolute Gasteiger partial charge is 0.264 e. The van der Waals surface area contributed by atoms with E-state index < -0.39 is 11.7 Å². The molecule has 0 aliphatic heterocycles. The monoisotopic (exact) mass is 459 g/mol. The molecule has 7 nitrogen and oxygen atoms in total. The topological polar surface area (TPSA) is 81.8 Å². The molecule has 0 spiro atoms. The molecule has 0 bridgehead atoms. The molecule has 4 aromatic rings. The molecule has 0 aliphatic rings. The van der Waals surface area contributed by atoms with Crippen LogP contribution in [-0.4, -0.2) is 31.8 Å². The average Bonchev–Trinajstić information content (AvgIpc) is 3.14. The Balaban J connectivity index is 1.48. The number of nitrogens with one attached hydrogen (secondary N) is 1. The Morgan fingerprint density at radius 1 is 1.16 bits per heavy atom. The van der Waals surface area contributed by atoms with Gasteiger partial charge in [-0.1, -0.05) is 41.4 Å². The lowest BCUT2D eigenvalue weighted by Gasteiger charge is -2.09. The quantitative estimate of drug-likeness (QED) is 0.478. The van der Waals surface area contributed by atoms with Crippen LogP contribution in [0.4, 0.5) is 4.39 Å². The van der Waals surface area contributed by atoms with Crippen LogP contribution in [0, 0.1) is 5.82 Å². The van der Waals surface area contributed by atoms with Crippen LogP contribution in [0.1, 0.15) is 15.9 Å². The first-order valence-electron chi connectivity index (χ1n) is 9.31. The van der Waals surface area contributed by atoms with Crippen LogP contribution in [0.25, 0.3) is 11.0 Å². The van der Waals surface area contributed by atoms with Gasteiger partial charge in [0.2, 0.25) is 0 Å². The van der Waals surface area contributed by atoms with E-state index in [-0.39, 0.29) is 29.2 Å². The maximum atomic E-state index is 13.9. The molecule has 0 saturated carbocycles. The lowest BCUT2D eigenvalue weighted by Crippen LogP contribution is -2.28. The Hall–Kier alpha value is -3.23. The fraction of sp³-hybridized carbons (Fsp3) is 0.143. The number of hydrogen-bond acceptors (Lipinski definition) is 4. The zero-order chi connectivity index (χ0) is 22.0. The number of nitrogens with zero attached hydrogens (tertiary/aromatic N) is 4. The molecule has 2 aromatic carbocycles. The zero-order valence-electron chi connectivity index (χ0n) is 16.1. The SMILES string of the molecule is O=C(NCCn1ncc2c(=O)n(Cc3cccc(Cl)c3)cnc21)c1c(F)cccc1Cl. The number of amides is 1. The van der Waals surface area contributed by atoms with Crippen LogP contribution in [-0.2, 0) is 13.1 Å².